The third kappa shape index (κ3) is 4.41. The van der Waals surface area contributed by atoms with Crippen molar-refractivity contribution in [2.45, 2.75) is 63.7 Å². The molecule has 3 fully saturated rings. The number of nitrogens with zero attached hydrogens (tertiary/aromatic N) is 2. The van der Waals surface area contributed by atoms with Crippen LogP contribution in [0.3, 0.4) is 0 Å². The largest absolute Gasteiger partial charge is 0.372 e. The number of hydrogen-bond acceptors (Lipinski definition) is 4. The molecule has 0 aromatic carbocycles. The molecule has 2 saturated heterocycles. The van der Waals surface area contributed by atoms with Gasteiger partial charge in [0.05, 0.1) is 12.2 Å². The predicted molar refractivity (Wildman–Crippen MR) is 86.7 cm³/mol. The molecular weight excluding hydrogens is 262 g/mol. The Hall–Kier alpha value is -0.160. The lowest BCUT2D eigenvalue weighted by Gasteiger charge is -2.38. The molecule has 21 heavy (non-hydrogen) atoms. The SMILES string of the molecule is CCNCC1CCC(CN2CCN(C3CCCC3)CC2)O1. The summed E-state index contributed by atoms with van der Waals surface area (Å²) in [5.74, 6) is 0. The third-order valence-electron chi connectivity index (χ3n) is 5.53. The van der Waals surface area contributed by atoms with Crippen molar-refractivity contribution in [2.75, 3.05) is 45.8 Å². The van der Waals surface area contributed by atoms with E-state index in [-0.39, 0.29) is 0 Å². The molecular formula is C17H33N3O. The molecule has 4 nitrogen and oxygen atoms in total. The Bertz CT molecular complexity index is 298. The van der Waals surface area contributed by atoms with Gasteiger partial charge in [0.25, 0.3) is 0 Å². The minimum Gasteiger partial charge on any atom is -0.372 e. The third-order valence-corrected chi connectivity index (χ3v) is 5.53. The molecule has 2 unspecified atom stereocenters. The second-order valence-electron chi connectivity index (χ2n) is 7.04. The fraction of sp³-hybridized carbons (Fsp3) is 1.00. The molecule has 4 heteroatoms. The first kappa shape index (κ1) is 15.7. The molecule has 3 aliphatic rings. The van der Waals surface area contributed by atoms with E-state index in [2.05, 4.69) is 22.0 Å². The Morgan fingerprint density at radius 1 is 0.952 bits per heavy atom. The molecule has 0 radical (unpaired) electrons. The summed E-state index contributed by atoms with van der Waals surface area (Å²) >= 11 is 0. The van der Waals surface area contributed by atoms with Crippen LogP contribution >= 0.6 is 0 Å². The van der Waals surface area contributed by atoms with Crippen LogP contribution in [0.2, 0.25) is 0 Å². The van der Waals surface area contributed by atoms with E-state index in [1.54, 1.807) is 0 Å². The summed E-state index contributed by atoms with van der Waals surface area (Å²) in [5.41, 5.74) is 0. The van der Waals surface area contributed by atoms with Crippen molar-refractivity contribution in [3.05, 3.63) is 0 Å². The van der Waals surface area contributed by atoms with Gasteiger partial charge in [-0.3, -0.25) is 9.80 Å². The van der Waals surface area contributed by atoms with E-state index < -0.39 is 0 Å². The molecule has 1 N–H and O–H groups in total. The van der Waals surface area contributed by atoms with E-state index in [4.69, 9.17) is 4.74 Å². The van der Waals surface area contributed by atoms with Crippen molar-refractivity contribution in [1.29, 1.82) is 0 Å². The lowest BCUT2D eigenvalue weighted by atomic mass is 10.1. The highest BCUT2D eigenvalue weighted by atomic mass is 16.5. The van der Waals surface area contributed by atoms with Gasteiger partial charge >= 0.3 is 0 Å². The molecule has 0 bridgehead atoms. The highest BCUT2D eigenvalue weighted by Gasteiger charge is 2.30. The minimum atomic E-state index is 0.453. The zero-order valence-electron chi connectivity index (χ0n) is 13.7. The average molecular weight is 295 g/mol. The number of rotatable bonds is 6. The molecule has 0 amide bonds. The standard InChI is InChI=1S/C17H33N3O/c1-2-18-13-16-7-8-17(21-16)14-19-9-11-20(12-10-19)15-5-3-4-6-15/h15-18H,2-14H2,1H3. The van der Waals surface area contributed by atoms with Crippen LogP contribution in [0.25, 0.3) is 0 Å². The Balaban J connectivity index is 1.34. The maximum absolute atomic E-state index is 6.18. The van der Waals surface area contributed by atoms with Crippen LogP contribution in [-0.4, -0.2) is 73.9 Å². The van der Waals surface area contributed by atoms with E-state index in [0.29, 0.717) is 12.2 Å². The highest BCUT2D eigenvalue weighted by molar-refractivity contribution is 4.84. The molecule has 3 rings (SSSR count). The topological polar surface area (TPSA) is 27.7 Å². The second-order valence-corrected chi connectivity index (χ2v) is 7.04. The molecule has 2 aliphatic heterocycles. The Kier molecular flexibility index (Phi) is 5.92. The summed E-state index contributed by atoms with van der Waals surface area (Å²) in [6.07, 6.45) is 9.21. The number of piperazine rings is 1. The second kappa shape index (κ2) is 7.91. The van der Waals surface area contributed by atoms with Gasteiger partial charge in [0.15, 0.2) is 0 Å². The summed E-state index contributed by atoms with van der Waals surface area (Å²) in [7, 11) is 0. The van der Waals surface area contributed by atoms with E-state index in [1.807, 2.05) is 0 Å². The van der Waals surface area contributed by atoms with Crippen LogP contribution in [0.1, 0.15) is 45.4 Å². The summed E-state index contributed by atoms with van der Waals surface area (Å²) in [4.78, 5) is 5.37. The predicted octanol–water partition coefficient (Wildman–Crippen LogP) is 1.70. The Labute approximate surface area is 130 Å². The fourth-order valence-electron chi connectivity index (χ4n) is 4.24. The fourth-order valence-corrected chi connectivity index (χ4v) is 4.24. The van der Waals surface area contributed by atoms with Gasteiger partial charge < -0.3 is 10.1 Å². The van der Waals surface area contributed by atoms with Gasteiger partial charge in [-0.2, -0.15) is 0 Å². The van der Waals surface area contributed by atoms with Crippen LogP contribution in [0.4, 0.5) is 0 Å². The van der Waals surface area contributed by atoms with Crippen LogP contribution in [0.15, 0.2) is 0 Å². The summed E-state index contributed by atoms with van der Waals surface area (Å²) in [6.45, 7) is 10.4. The molecule has 2 heterocycles. The zero-order chi connectivity index (χ0) is 14.5. The Morgan fingerprint density at radius 2 is 1.67 bits per heavy atom. The summed E-state index contributed by atoms with van der Waals surface area (Å²) < 4.78 is 6.18. The smallest absolute Gasteiger partial charge is 0.0707 e. The number of nitrogens with one attached hydrogen (secondary N) is 1. The van der Waals surface area contributed by atoms with Crippen molar-refractivity contribution in [3.63, 3.8) is 0 Å². The molecule has 0 aromatic rings. The van der Waals surface area contributed by atoms with E-state index >= 15 is 0 Å². The van der Waals surface area contributed by atoms with Gasteiger partial charge in [-0.05, 0) is 32.2 Å². The van der Waals surface area contributed by atoms with Crippen LogP contribution in [0.5, 0.6) is 0 Å². The maximum atomic E-state index is 6.18. The van der Waals surface area contributed by atoms with Gasteiger partial charge in [0, 0.05) is 45.3 Å². The van der Waals surface area contributed by atoms with Crippen molar-refractivity contribution in [2.24, 2.45) is 0 Å². The minimum absolute atomic E-state index is 0.453. The van der Waals surface area contributed by atoms with E-state index in [1.165, 1.54) is 64.7 Å². The van der Waals surface area contributed by atoms with Crippen LogP contribution < -0.4 is 5.32 Å². The van der Waals surface area contributed by atoms with Gasteiger partial charge in [0.2, 0.25) is 0 Å². The normalized spacial score (nSPS) is 33.0. The Morgan fingerprint density at radius 3 is 2.38 bits per heavy atom. The van der Waals surface area contributed by atoms with Crippen molar-refractivity contribution in [3.8, 4) is 0 Å². The molecule has 0 aromatic heterocycles. The maximum Gasteiger partial charge on any atom is 0.0707 e. The van der Waals surface area contributed by atoms with Gasteiger partial charge in [-0.25, -0.2) is 0 Å². The monoisotopic (exact) mass is 295 g/mol. The quantitative estimate of drug-likeness (QED) is 0.807. The zero-order valence-corrected chi connectivity index (χ0v) is 13.7. The molecule has 1 aliphatic carbocycles. The summed E-state index contributed by atoms with van der Waals surface area (Å²) in [5, 5.41) is 3.41. The number of likely N-dealkylation sites (N-methyl/N-ethyl adjacent to an activating group) is 1. The number of ether oxygens (including phenoxy) is 1. The van der Waals surface area contributed by atoms with Gasteiger partial charge in [-0.1, -0.05) is 19.8 Å². The lowest BCUT2D eigenvalue weighted by molar-refractivity contribution is 0.00876. The highest BCUT2D eigenvalue weighted by Crippen LogP contribution is 2.25. The van der Waals surface area contributed by atoms with Crippen LogP contribution in [-0.2, 0) is 4.74 Å². The number of hydrogen-bond donors (Lipinski definition) is 1. The molecule has 1 saturated carbocycles. The molecule has 0 spiro atoms. The van der Waals surface area contributed by atoms with E-state index in [0.717, 1.165) is 25.7 Å². The summed E-state index contributed by atoms with van der Waals surface area (Å²) in [6, 6.07) is 0.902. The van der Waals surface area contributed by atoms with Crippen molar-refractivity contribution >= 4 is 0 Å². The molecule has 2 atom stereocenters. The molecule has 122 valence electrons. The van der Waals surface area contributed by atoms with Crippen molar-refractivity contribution in [1.82, 2.24) is 15.1 Å². The van der Waals surface area contributed by atoms with Crippen molar-refractivity contribution < 1.29 is 4.74 Å². The average Bonchev–Trinajstić information content (AvgIpc) is 3.17. The first-order valence-electron chi connectivity index (χ1n) is 9.17. The van der Waals surface area contributed by atoms with Gasteiger partial charge in [-0.15, -0.1) is 0 Å². The van der Waals surface area contributed by atoms with E-state index in [9.17, 15) is 0 Å². The lowest BCUT2D eigenvalue weighted by Crippen LogP contribution is -2.51. The first-order valence-corrected chi connectivity index (χ1v) is 9.17. The first-order chi connectivity index (χ1) is 10.3. The van der Waals surface area contributed by atoms with Crippen LogP contribution in [0, 0.1) is 0 Å². The van der Waals surface area contributed by atoms with Gasteiger partial charge in [0.1, 0.15) is 0 Å².